The predicted octanol–water partition coefficient (Wildman–Crippen LogP) is -0.321. The van der Waals surface area contributed by atoms with Gasteiger partial charge in [-0.2, -0.15) is 0 Å². The van der Waals surface area contributed by atoms with Crippen LogP contribution in [0.2, 0.25) is 0 Å². The molecule has 1 aliphatic rings. The van der Waals surface area contributed by atoms with Crippen LogP contribution in [0.25, 0.3) is 0 Å². The van der Waals surface area contributed by atoms with Crippen molar-refractivity contribution in [3.05, 3.63) is 10.1 Å². The summed E-state index contributed by atoms with van der Waals surface area (Å²) in [5.74, 6) is -0.765. The second-order valence-corrected chi connectivity index (χ2v) is 4.44. The molecular formula is C9H17N3O5. The van der Waals surface area contributed by atoms with E-state index in [1.165, 1.54) is 18.9 Å². The molecule has 17 heavy (non-hydrogen) atoms. The van der Waals surface area contributed by atoms with E-state index in [1.807, 2.05) is 7.05 Å². The third-order valence-electron chi connectivity index (χ3n) is 2.47. The van der Waals surface area contributed by atoms with E-state index in [0.717, 1.165) is 13.1 Å². The summed E-state index contributed by atoms with van der Waals surface area (Å²) in [6.07, 6.45) is 0. The van der Waals surface area contributed by atoms with Gasteiger partial charge in [0, 0.05) is 26.2 Å². The van der Waals surface area contributed by atoms with Crippen molar-refractivity contribution in [1.82, 2.24) is 9.96 Å². The molecule has 0 bridgehead atoms. The van der Waals surface area contributed by atoms with Crippen LogP contribution < -0.4 is 0 Å². The van der Waals surface area contributed by atoms with E-state index < -0.39 is 16.7 Å². The number of likely N-dealkylation sites (N-methyl/N-ethyl adjacent to an activating group) is 1. The highest BCUT2D eigenvalue weighted by Crippen LogP contribution is 2.13. The molecule has 0 spiro atoms. The Balaban J connectivity index is 2.45. The maximum atomic E-state index is 11.6. The van der Waals surface area contributed by atoms with E-state index in [0.29, 0.717) is 13.1 Å². The summed E-state index contributed by atoms with van der Waals surface area (Å²) >= 11 is 0. The van der Waals surface area contributed by atoms with Crippen molar-refractivity contribution in [2.24, 2.45) is 0 Å². The smallest absolute Gasteiger partial charge is 0.356 e. The zero-order valence-electron chi connectivity index (χ0n) is 10.2. The first-order chi connectivity index (χ1) is 7.81. The van der Waals surface area contributed by atoms with Crippen molar-refractivity contribution < 1.29 is 19.6 Å². The molecule has 0 unspecified atom stereocenters. The van der Waals surface area contributed by atoms with E-state index in [9.17, 15) is 14.9 Å². The molecule has 8 heteroatoms. The summed E-state index contributed by atoms with van der Waals surface area (Å²) in [5, 5.41) is 10.7. The molecule has 1 saturated heterocycles. The van der Waals surface area contributed by atoms with Gasteiger partial charge in [-0.3, -0.25) is 4.84 Å². The molecule has 1 heterocycles. The van der Waals surface area contributed by atoms with Crippen molar-refractivity contribution >= 4 is 5.97 Å². The Labute approximate surface area is 99.1 Å². The number of rotatable bonds is 4. The minimum Gasteiger partial charge on any atom is -0.366 e. The summed E-state index contributed by atoms with van der Waals surface area (Å²) in [5.41, 5.74) is -1.59. The van der Waals surface area contributed by atoms with Crippen LogP contribution in [-0.2, 0) is 14.5 Å². The fourth-order valence-electron chi connectivity index (χ4n) is 1.33. The molecule has 0 amide bonds. The monoisotopic (exact) mass is 247 g/mol. The van der Waals surface area contributed by atoms with Crippen LogP contribution in [0.1, 0.15) is 13.8 Å². The first kappa shape index (κ1) is 13.7. The van der Waals surface area contributed by atoms with Crippen LogP contribution in [0.4, 0.5) is 0 Å². The van der Waals surface area contributed by atoms with Gasteiger partial charge < -0.3 is 9.74 Å². The van der Waals surface area contributed by atoms with Crippen molar-refractivity contribution in [1.29, 1.82) is 0 Å². The molecule has 0 aromatic carbocycles. The van der Waals surface area contributed by atoms with E-state index in [2.05, 4.69) is 9.74 Å². The molecule has 0 atom stereocenters. The highest BCUT2D eigenvalue weighted by Gasteiger charge is 2.36. The van der Waals surface area contributed by atoms with Crippen molar-refractivity contribution in [2.75, 3.05) is 33.2 Å². The number of hydroxylamine groups is 2. The Morgan fingerprint density at radius 2 is 1.82 bits per heavy atom. The Morgan fingerprint density at radius 1 is 1.29 bits per heavy atom. The molecule has 0 aromatic rings. The van der Waals surface area contributed by atoms with Crippen molar-refractivity contribution in [3.63, 3.8) is 0 Å². The maximum Gasteiger partial charge on any atom is 0.356 e. The molecule has 1 aliphatic heterocycles. The molecule has 0 N–H and O–H groups in total. The second kappa shape index (κ2) is 5.28. The molecule has 0 saturated carbocycles. The topological polar surface area (TPSA) is 85.2 Å². The van der Waals surface area contributed by atoms with Crippen molar-refractivity contribution in [3.8, 4) is 0 Å². The lowest BCUT2D eigenvalue weighted by Crippen LogP contribution is -2.48. The third-order valence-corrected chi connectivity index (χ3v) is 2.47. The Kier molecular flexibility index (Phi) is 4.24. The summed E-state index contributed by atoms with van der Waals surface area (Å²) in [7, 11) is 1.97. The molecule has 98 valence electrons. The minimum absolute atomic E-state index is 0.580. The van der Waals surface area contributed by atoms with Crippen LogP contribution in [0.3, 0.4) is 0 Å². The highest BCUT2D eigenvalue weighted by atomic mass is 17.0. The molecule has 0 aliphatic carbocycles. The van der Waals surface area contributed by atoms with Gasteiger partial charge in [0.2, 0.25) is 5.60 Å². The lowest BCUT2D eigenvalue weighted by atomic mass is 10.1. The van der Waals surface area contributed by atoms with Gasteiger partial charge in [-0.1, -0.05) is 0 Å². The molecule has 0 aromatic heterocycles. The van der Waals surface area contributed by atoms with E-state index in [1.54, 1.807) is 0 Å². The van der Waals surface area contributed by atoms with E-state index in [-0.39, 0.29) is 0 Å². The number of carbonyl (C=O) groups is 1. The zero-order valence-corrected chi connectivity index (χ0v) is 10.2. The number of nitrogens with zero attached hydrogens (tertiary/aromatic N) is 3. The molecule has 8 nitrogen and oxygen atoms in total. The average Bonchev–Trinajstić information content (AvgIpc) is 2.19. The van der Waals surface area contributed by atoms with Gasteiger partial charge in [-0.15, -0.1) is 15.2 Å². The fraction of sp³-hybridized carbons (Fsp3) is 0.889. The second-order valence-electron chi connectivity index (χ2n) is 4.44. The van der Waals surface area contributed by atoms with Gasteiger partial charge in [0.15, 0.2) is 0 Å². The first-order valence-corrected chi connectivity index (χ1v) is 5.30. The molecule has 1 rings (SSSR count). The van der Waals surface area contributed by atoms with Crippen LogP contribution >= 0.6 is 0 Å². The van der Waals surface area contributed by atoms with Crippen LogP contribution in [0, 0.1) is 10.1 Å². The van der Waals surface area contributed by atoms with Gasteiger partial charge in [0.25, 0.3) is 5.09 Å². The molecule has 0 radical (unpaired) electrons. The number of carbonyl (C=O) groups excluding carboxylic acids is 1. The van der Waals surface area contributed by atoms with Gasteiger partial charge in [-0.05, 0) is 20.9 Å². The third kappa shape index (κ3) is 4.16. The predicted molar refractivity (Wildman–Crippen MR) is 57.3 cm³/mol. The number of hydrogen-bond donors (Lipinski definition) is 0. The van der Waals surface area contributed by atoms with Crippen LogP contribution in [0.5, 0.6) is 0 Å². The zero-order chi connectivity index (χ0) is 13.1. The molecule has 1 fully saturated rings. The van der Waals surface area contributed by atoms with E-state index >= 15 is 0 Å². The van der Waals surface area contributed by atoms with Crippen LogP contribution in [-0.4, -0.2) is 59.8 Å². The Hall–Kier alpha value is -1.41. The Bertz CT molecular complexity index is 299. The SMILES string of the molecule is CN1CCN(OC(=O)C(C)(C)O[N+](=O)[O-])CC1. The number of hydrogen-bond acceptors (Lipinski definition) is 7. The van der Waals surface area contributed by atoms with Gasteiger partial charge >= 0.3 is 5.97 Å². The van der Waals surface area contributed by atoms with Gasteiger partial charge in [0.05, 0.1) is 0 Å². The lowest BCUT2D eigenvalue weighted by Gasteiger charge is -2.32. The quantitative estimate of drug-likeness (QED) is 0.497. The van der Waals surface area contributed by atoms with Crippen molar-refractivity contribution in [2.45, 2.75) is 19.4 Å². The average molecular weight is 247 g/mol. The first-order valence-electron chi connectivity index (χ1n) is 5.30. The van der Waals surface area contributed by atoms with Gasteiger partial charge in [-0.25, -0.2) is 4.79 Å². The maximum absolute atomic E-state index is 11.6. The summed E-state index contributed by atoms with van der Waals surface area (Å²) in [6.45, 7) is 5.32. The minimum atomic E-state index is -1.59. The summed E-state index contributed by atoms with van der Waals surface area (Å²) < 4.78 is 0. The lowest BCUT2D eigenvalue weighted by molar-refractivity contribution is -0.774. The van der Waals surface area contributed by atoms with Crippen LogP contribution in [0.15, 0.2) is 0 Å². The highest BCUT2D eigenvalue weighted by molar-refractivity contribution is 5.78. The normalized spacial score (nSPS) is 18.8. The van der Waals surface area contributed by atoms with E-state index in [4.69, 9.17) is 4.84 Å². The largest absolute Gasteiger partial charge is 0.366 e. The molecular weight excluding hydrogens is 230 g/mol. The van der Waals surface area contributed by atoms with Gasteiger partial charge in [0.1, 0.15) is 0 Å². The number of piperazine rings is 1. The fourth-order valence-corrected chi connectivity index (χ4v) is 1.33. The Morgan fingerprint density at radius 3 is 2.29 bits per heavy atom. The summed E-state index contributed by atoms with van der Waals surface area (Å²) in [6, 6.07) is 0. The summed E-state index contributed by atoms with van der Waals surface area (Å²) in [4.78, 5) is 33.3. The standard InChI is InChI=1S/C9H17N3O5/c1-9(2,17-12(14)15)8(13)16-11-6-4-10(3)5-7-11/h4-7H2,1-3H3.